The lowest BCUT2D eigenvalue weighted by atomic mass is 10.1. The molecule has 0 atom stereocenters. The second kappa shape index (κ2) is 5.16. The molecule has 1 heterocycles. The molecule has 0 aliphatic heterocycles. The van der Waals surface area contributed by atoms with Crippen molar-refractivity contribution in [3.8, 4) is 11.5 Å². The Morgan fingerprint density at radius 2 is 2.17 bits per heavy atom. The number of hydrogen-bond acceptors (Lipinski definition) is 4. The predicted molar refractivity (Wildman–Crippen MR) is 67.3 cm³/mol. The highest BCUT2D eigenvalue weighted by molar-refractivity contribution is 5.70. The first-order valence-corrected chi connectivity index (χ1v) is 5.95. The van der Waals surface area contributed by atoms with Gasteiger partial charge in [0.25, 0.3) is 5.89 Å². The van der Waals surface area contributed by atoms with E-state index < -0.39 is 5.82 Å². The lowest BCUT2D eigenvalue weighted by molar-refractivity contribution is 0.419. The third-order valence-corrected chi connectivity index (χ3v) is 2.70. The monoisotopic (exact) mass is 249 g/mol. The average molecular weight is 249 g/mol. The van der Waals surface area contributed by atoms with Crippen LogP contribution in [-0.4, -0.2) is 10.1 Å². The Morgan fingerprint density at radius 1 is 1.39 bits per heavy atom. The number of benzene rings is 1. The summed E-state index contributed by atoms with van der Waals surface area (Å²) < 4.78 is 18.4. The minimum absolute atomic E-state index is 0.0385. The van der Waals surface area contributed by atoms with Crippen LogP contribution in [-0.2, 0) is 6.42 Å². The van der Waals surface area contributed by atoms with Crippen LogP contribution >= 0.6 is 0 Å². The Balaban J connectivity index is 2.21. The van der Waals surface area contributed by atoms with Gasteiger partial charge in [-0.3, -0.25) is 0 Å². The van der Waals surface area contributed by atoms with Crippen LogP contribution in [0.25, 0.3) is 11.5 Å². The molecule has 0 spiro atoms. The van der Waals surface area contributed by atoms with Crippen molar-refractivity contribution in [1.29, 1.82) is 0 Å². The zero-order valence-corrected chi connectivity index (χ0v) is 10.5. The summed E-state index contributed by atoms with van der Waals surface area (Å²) in [4.78, 5) is 4.23. The van der Waals surface area contributed by atoms with E-state index in [4.69, 9.17) is 10.3 Å². The van der Waals surface area contributed by atoms with E-state index in [1.54, 1.807) is 12.1 Å². The lowest BCUT2D eigenvalue weighted by Gasteiger charge is -2.00. The van der Waals surface area contributed by atoms with Gasteiger partial charge in [-0.15, -0.1) is 0 Å². The highest BCUT2D eigenvalue weighted by Gasteiger charge is 2.14. The normalized spacial score (nSPS) is 11.1. The highest BCUT2D eigenvalue weighted by Crippen LogP contribution is 2.26. The molecule has 0 saturated carbocycles. The molecule has 2 aromatic rings. The molecule has 96 valence electrons. The lowest BCUT2D eigenvalue weighted by Crippen LogP contribution is -1.95. The quantitative estimate of drug-likeness (QED) is 0.846. The molecule has 2 rings (SSSR count). The van der Waals surface area contributed by atoms with E-state index in [-0.39, 0.29) is 11.6 Å². The molecule has 0 aliphatic carbocycles. The molecule has 5 heteroatoms. The number of rotatable bonds is 4. The molecule has 2 N–H and O–H groups in total. The van der Waals surface area contributed by atoms with E-state index in [9.17, 15) is 4.39 Å². The van der Waals surface area contributed by atoms with E-state index >= 15 is 0 Å². The largest absolute Gasteiger partial charge is 0.396 e. The number of anilines is 1. The van der Waals surface area contributed by atoms with Crippen molar-refractivity contribution in [3.63, 3.8) is 0 Å². The first-order chi connectivity index (χ1) is 8.58. The SMILES string of the molecule is CC(C)CCc1noc(-c2cccc(F)c2N)n1. The van der Waals surface area contributed by atoms with E-state index in [0.717, 1.165) is 12.8 Å². The molecule has 0 radical (unpaired) electrons. The second-order valence-corrected chi connectivity index (χ2v) is 4.65. The third-order valence-electron chi connectivity index (χ3n) is 2.70. The Bertz CT molecular complexity index is 537. The average Bonchev–Trinajstić information content (AvgIpc) is 2.78. The van der Waals surface area contributed by atoms with Crippen LogP contribution in [0.5, 0.6) is 0 Å². The third kappa shape index (κ3) is 2.67. The maximum atomic E-state index is 13.3. The Hall–Kier alpha value is -1.91. The summed E-state index contributed by atoms with van der Waals surface area (Å²) >= 11 is 0. The molecule has 0 amide bonds. The van der Waals surface area contributed by atoms with Crippen molar-refractivity contribution < 1.29 is 8.91 Å². The molecule has 0 fully saturated rings. The fraction of sp³-hybridized carbons (Fsp3) is 0.385. The number of nitrogens with zero attached hydrogens (tertiary/aromatic N) is 2. The van der Waals surface area contributed by atoms with Gasteiger partial charge in [0.15, 0.2) is 5.82 Å². The molecular formula is C13H16FN3O. The maximum absolute atomic E-state index is 13.3. The van der Waals surface area contributed by atoms with Crippen LogP contribution in [0.3, 0.4) is 0 Å². The van der Waals surface area contributed by atoms with Gasteiger partial charge in [0, 0.05) is 6.42 Å². The van der Waals surface area contributed by atoms with Gasteiger partial charge in [-0.1, -0.05) is 25.1 Å². The summed E-state index contributed by atoms with van der Waals surface area (Å²) in [6.07, 6.45) is 1.73. The number of para-hydroxylation sites is 1. The van der Waals surface area contributed by atoms with Gasteiger partial charge in [-0.25, -0.2) is 4.39 Å². The van der Waals surface area contributed by atoms with Gasteiger partial charge < -0.3 is 10.3 Å². The van der Waals surface area contributed by atoms with Gasteiger partial charge in [0.1, 0.15) is 5.82 Å². The minimum atomic E-state index is -0.477. The zero-order valence-electron chi connectivity index (χ0n) is 10.5. The maximum Gasteiger partial charge on any atom is 0.260 e. The molecule has 18 heavy (non-hydrogen) atoms. The number of aromatic nitrogens is 2. The van der Waals surface area contributed by atoms with Gasteiger partial charge >= 0.3 is 0 Å². The zero-order chi connectivity index (χ0) is 13.1. The van der Waals surface area contributed by atoms with E-state index in [1.807, 2.05) is 0 Å². The van der Waals surface area contributed by atoms with Crippen molar-refractivity contribution in [1.82, 2.24) is 10.1 Å². The first-order valence-electron chi connectivity index (χ1n) is 5.95. The first kappa shape index (κ1) is 12.5. The van der Waals surface area contributed by atoms with Crippen LogP contribution in [0.2, 0.25) is 0 Å². The molecule has 1 aromatic carbocycles. The van der Waals surface area contributed by atoms with Crippen molar-refractivity contribution >= 4 is 5.69 Å². The van der Waals surface area contributed by atoms with Crippen LogP contribution in [0.4, 0.5) is 10.1 Å². The van der Waals surface area contributed by atoms with Crippen LogP contribution in [0.15, 0.2) is 22.7 Å². The van der Waals surface area contributed by atoms with Crippen LogP contribution in [0.1, 0.15) is 26.1 Å². The van der Waals surface area contributed by atoms with Gasteiger partial charge in [0.2, 0.25) is 0 Å². The van der Waals surface area contributed by atoms with Gasteiger partial charge in [0.05, 0.1) is 11.3 Å². The van der Waals surface area contributed by atoms with Crippen molar-refractivity contribution in [2.75, 3.05) is 5.73 Å². The molecule has 0 saturated heterocycles. The summed E-state index contributed by atoms with van der Waals surface area (Å²) in [6, 6.07) is 4.53. The number of nitrogens with two attached hydrogens (primary N) is 1. The molecule has 4 nitrogen and oxygen atoms in total. The molecule has 0 aliphatic rings. The predicted octanol–water partition coefficient (Wildman–Crippen LogP) is 3.05. The van der Waals surface area contributed by atoms with Crippen molar-refractivity contribution in [2.24, 2.45) is 5.92 Å². The van der Waals surface area contributed by atoms with E-state index in [1.165, 1.54) is 6.07 Å². The number of nitrogen functional groups attached to an aromatic ring is 1. The summed E-state index contributed by atoms with van der Waals surface area (Å²) in [7, 11) is 0. The second-order valence-electron chi connectivity index (χ2n) is 4.65. The highest BCUT2D eigenvalue weighted by atomic mass is 19.1. The van der Waals surface area contributed by atoms with Gasteiger partial charge in [-0.2, -0.15) is 4.98 Å². The summed E-state index contributed by atoms with van der Waals surface area (Å²) in [5.41, 5.74) is 6.12. The minimum Gasteiger partial charge on any atom is -0.396 e. The van der Waals surface area contributed by atoms with E-state index in [2.05, 4.69) is 24.0 Å². The summed E-state index contributed by atoms with van der Waals surface area (Å²) in [5, 5.41) is 3.87. The van der Waals surface area contributed by atoms with Crippen molar-refractivity contribution in [3.05, 3.63) is 29.8 Å². The number of aryl methyl sites for hydroxylation is 1. The molecule has 1 aromatic heterocycles. The fourth-order valence-electron chi connectivity index (χ4n) is 1.61. The molecular weight excluding hydrogens is 233 g/mol. The number of halogens is 1. The molecule has 0 bridgehead atoms. The number of hydrogen-bond donors (Lipinski definition) is 1. The van der Waals surface area contributed by atoms with E-state index in [0.29, 0.717) is 17.3 Å². The topological polar surface area (TPSA) is 64.9 Å². The van der Waals surface area contributed by atoms with Crippen LogP contribution in [0, 0.1) is 11.7 Å². The summed E-state index contributed by atoms with van der Waals surface area (Å²) in [6.45, 7) is 4.26. The van der Waals surface area contributed by atoms with Crippen molar-refractivity contribution in [2.45, 2.75) is 26.7 Å². The fourth-order valence-corrected chi connectivity index (χ4v) is 1.61. The summed E-state index contributed by atoms with van der Waals surface area (Å²) in [5.74, 6) is 0.994. The Kier molecular flexibility index (Phi) is 3.60. The Morgan fingerprint density at radius 3 is 2.89 bits per heavy atom. The molecule has 0 unspecified atom stereocenters. The Labute approximate surface area is 105 Å². The standard InChI is InChI=1S/C13H16FN3O/c1-8(2)6-7-11-16-13(18-17-11)9-4-3-5-10(14)12(9)15/h3-5,8H,6-7,15H2,1-2H3. The smallest absolute Gasteiger partial charge is 0.260 e. The van der Waals surface area contributed by atoms with Gasteiger partial charge in [-0.05, 0) is 24.5 Å². The van der Waals surface area contributed by atoms with Crippen LogP contribution < -0.4 is 5.73 Å².